The molecule has 1 aromatic rings. The summed E-state index contributed by atoms with van der Waals surface area (Å²) in [6.07, 6.45) is 1.05. The molecule has 0 aliphatic heterocycles. The van der Waals surface area contributed by atoms with Crippen molar-refractivity contribution in [3.8, 4) is 11.8 Å². The lowest BCUT2D eigenvalue weighted by molar-refractivity contribution is 0.0535. The van der Waals surface area contributed by atoms with Gasteiger partial charge in [-0.3, -0.25) is 0 Å². The fraction of sp³-hybridized carbons (Fsp3) is 0.462. The highest BCUT2D eigenvalue weighted by atomic mass is 35.5. The molecule has 0 saturated heterocycles. The first-order valence-electron chi connectivity index (χ1n) is 5.73. The van der Waals surface area contributed by atoms with Crippen LogP contribution in [0.5, 0.6) is 0 Å². The molecule has 0 spiro atoms. The van der Waals surface area contributed by atoms with Gasteiger partial charge in [-0.05, 0) is 39.3 Å². The summed E-state index contributed by atoms with van der Waals surface area (Å²) in [5.74, 6) is 5.65. The molecular weight excluding hydrogens is 266 g/mol. The fourth-order valence-corrected chi connectivity index (χ4v) is 1.31. The number of alkyl carbamates (subject to hydrolysis) is 1. The molecule has 1 N–H and O–H groups in total. The van der Waals surface area contributed by atoms with Crippen LogP contribution in [0, 0.1) is 18.8 Å². The van der Waals surface area contributed by atoms with E-state index in [1.807, 2.05) is 0 Å². The Morgan fingerprint density at radius 1 is 1.53 bits per heavy atom. The number of rotatable bonds is 1. The summed E-state index contributed by atoms with van der Waals surface area (Å²) in [4.78, 5) is 19.2. The lowest BCUT2D eigenvalue weighted by Gasteiger charge is -2.18. The number of nitrogens with one attached hydrogen (secondary N) is 1. The SMILES string of the molecule is Cc1nc(Cl)ncc1C#CCNC(=O)OC(C)(C)C. The highest BCUT2D eigenvalue weighted by Gasteiger charge is 2.14. The molecule has 19 heavy (non-hydrogen) atoms. The lowest BCUT2D eigenvalue weighted by atomic mass is 10.2. The number of hydrogen-bond donors (Lipinski definition) is 1. The van der Waals surface area contributed by atoms with E-state index in [1.165, 1.54) is 0 Å². The number of carbonyl (C=O) groups is 1. The molecular formula is C13H16ClN3O2. The number of amides is 1. The third kappa shape index (κ3) is 6.07. The van der Waals surface area contributed by atoms with E-state index >= 15 is 0 Å². The molecule has 0 saturated carbocycles. The fourth-order valence-electron chi connectivity index (χ4n) is 1.13. The lowest BCUT2D eigenvalue weighted by Crippen LogP contribution is -2.32. The zero-order chi connectivity index (χ0) is 14.5. The normalized spacial score (nSPS) is 10.4. The van der Waals surface area contributed by atoms with Gasteiger partial charge in [-0.25, -0.2) is 14.8 Å². The molecule has 0 atom stereocenters. The Bertz CT molecular complexity index is 527. The molecule has 0 aliphatic rings. The van der Waals surface area contributed by atoms with Crippen LogP contribution in [0.4, 0.5) is 4.79 Å². The van der Waals surface area contributed by atoms with Crippen LogP contribution in [-0.4, -0.2) is 28.2 Å². The average Bonchev–Trinajstić information content (AvgIpc) is 2.24. The molecule has 0 bridgehead atoms. The van der Waals surface area contributed by atoms with E-state index in [1.54, 1.807) is 33.9 Å². The molecule has 102 valence electrons. The van der Waals surface area contributed by atoms with E-state index in [-0.39, 0.29) is 11.8 Å². The average molecular weight is 282 g/mol. The van der Waals surface area contributed by atoms with Crippen LogP contribution in [0.2, 0.25) is 5.28 Å². The zero-order valence-corrected chi connectivity index (χ0v) is 12.1. The summed E-state index contributed by atoms with van der Waals surface area (Å²) < 4.78 is 5.07. The molecule has 6 heteroatoms. The van der Waals surface area contributed by atoms with Gasteiger partial charge in [-0.2, -0.15) is 0 Å². The topological polar surface area (TPSA) is 64.1 Å². The van der Waals surface area contributed by atoms with E-state index in [4.69, 9.17) is 16.3 Å². The quantitative estimate of drug-likeness (QED) is 0.634. The van der Waals surface area contributed by atoms with Gasteiger partial charge in [0, 0.05) is 6.20 Å². The van der Waals surface area contributed by atoms with Crippen molar-refractivity contribution in [2.24, 2.45) is 0 Å². The van der Waals surface area contributed by atoms with Crippen LogP contribution in [0.15, 0.2) is 6.20 Å². The van der Waals surface area contributed by atoms with Crippen molar-refractivity contribution in [1.29, 1.82) is 0 Å². The smallest absolute Gasteiger partial charge is 0.408 e. The Morgan fingerprint density at radius 2 is 2.21 bits per heavy atom. The molecule has 1 heterocycles. The van der Waals surface area contributed by atoms with Crippen LogP contribution in [0.1, 0.15) is 32.0 Å². The number of ether oxygens (including phenoxy) is 1. The maximum atomic E-state index is 11.3. The van der Waals surface area contributed by atoms with Gasteiger partial charge in [0.1, 0.15) is 5.60 Å². The second-order valence-corrected chi connectivity index (χ2v) is 5.13. The zero-order valence-electron chi connectivity index (χ0n) is 11.4. The second kappa shape index (κ2) is 6.39. The van der Waals surface area contributed by atoms with Crippen LogP contribution in [-0.2, 0) is 4.74 Å². The molecule has 0 radical (unpaired) electrons. The monoisotopic (exact) mass is 281 g/mol. The highest BCUT2D eigenvalue weighted by Crippen LogP contribution is 2.06. The molecule has 0 aliphatic carbocycles. The summed E-state index contributed by atoms with van der Waals surface area (Å²) >= 11 is 5.64. The Labute approximate surface area is 117 Å². The number of carbonyl (C=O) groups excluding carboxylic acids is 1. The molecule has 5 nitrogen and oxygen atoms in total. The molecule has 1 rings (SSSR count). The summed E-state index contributed by atoms with van der Waals surface area (Å²) in [5, 5.41) is 2.73. The molecule has 0 unspecified atom stereocenters. The standard InChI is InChI=1S/C13H16ClN3O2/c1-9-10(8-16-11(14)17-9)6-5-7-15-12(18)19-13(2,3)4/h8H,7H2,1-4H3,(H,15,18). The van der Waals surface area contributed by atoms with Gasteiger partial charge in [-0.15, -0.1) is 0 Å². The van der Waals surface area contributed by atoms with Crippen molar-refractivity contribution in [3.63, 3.8) is 0 Å². The first kappa shape index (κ1) is 15.3. The van der Waals surface area contributed by atoms with Crippen molar-refractivity contribution in [1.82, 2.24) is 15.3 Å². The van der Waals surface area contributed by atoms with Crippen molar-refractivity contribution >= 4 is 17.7 Å². The van der Waals surface area contributed by atoms with Crippen molar-refractivity contribution in [3.05, 3.63) is 22.7 Å². The first-order valence-corrected chi connectivity index (χ1v) is 6.10. The van der Waals surface area contributed by atoms with Gasteiger partial charge in [0.15, 0.2) is 0 Å². The van der Waals surface area contributed by atoms with E-state index in [0.29, 0.717) is 11.3 Å². The van der Waals surface area contributed by atoms with E-state index in [2.05, 4.69) is 27.1 Å². The van der Waals surface area contributed by atoms with Gasteiger partial charge in [0.05, 0.1) is 17.8 Å². The number of halogens is 1. The molecule has 0 fully saturated rings. The summed E-state index contributed by atoms with van der Waals surface area (Å²) in [7, 11) is 0. The van der Waals surface area contributed by atoms with Crippen molar-refractivity contribution < 1.29 is 9.53 Å². The van der Waals surface area contributed by atoms with Crippen molar-refractivity contribution in [2.45, 2.75) is 33.3 Å². The highest BCUT2D eigenvalue weighted by molar-refractivity contribution is 6.28. The minimum absolute atomic E-state index is 0.190. The van der Waals surface area contributed by atoms with Gasteiger partial charge >= 0.3 is 6.09 Å². The van der Waals surface area contributed by atoms with Gasteiger partial charge in [0.2, 0.25) is 5.28 Å². The minimum atomic E-state index is -0.516. The van der Waals surface area contributed by atoms with E-state index in [9.17, 15) is 4.79 Å². The van der Waals surface area contributed by atoms with Gasteiger partial charge in [0.25, 0.3) is 0 Å². The van der Waals surface area contributed by atoms with Crippen LogP contribution >= 0.6 is 11.6 Å². The van der Waals surface area contributed by atoms with E-state index < -0.39 is 11.7 Å². The number of aryl methyl sites for hydroxylation is 1. The summed E-state index contributed by atoms with van der Waals surface area (Å²) in [6.45, 7) is 7.38. The van der Waals surface area contributed by atoms with Crippen LogP contribution in [0.3, 0.4) is 0 Å². The largest absolute Gasteiger partial charge is 0.444 e. The Kier molecular flexibility index (Phi) is 5.13. The first-order chi connectivity index (χ1) is 8.78. The third-order valence-corrected chi connectivity index (χ3v) is 2.08. The Balaban J connectivity index is 2.50. The molecule has 0 aromatic carbocycles. The minimum Gasteiger partial charge on any atom is -0.444 e. The van der Waals surface area contributed by atoms with Gasteiger partial charge < -0.3 is 10.1 Å². The predicted octanol–water partition coefficient (Wildman–Crippen LogP) is 2.31. The number of hydrogen-bond acceptors (Lipinski definition) is 4. The van der Waals surface area contributed by atoms with Crippen molar-refractivity contribution in [2.75, 3.05) is 6.54 Å². The van der Waals surface area contributed by atoms with E-state index in [0.717, 1.165) is 0 Å². The Morgan fingerprint density at radius 3 is 2.79 bits per heavy atom. The number of nitrogens with zero attached hydrogens (tertiary/aromatic N) is 2. The summed E-state index contributed by atoms with van der Waals surface area (Å²) in [6, 6.07) is 0. The third-order valence-electron chi connectivity index (χ3n) is 1.89. The molecule has 1 amide bonds. The van der Waals surface area contributed by atoms with Gasteiger partial charge in [-0.1, -0.05) is 11.8 Å². The maximum absolute atomic E-state index is 11.3. The molecule has 1 aromatic heterocycles. The second-order valence-electron chi connectivity index (χ2n) is 4.80. The van der Waals surface area contributed by atoms with Crippen LogP contribution in [0.25, 0.3) is 0 Å². The summed E-state index contributed by atoms with van der Waals surface area (Å²) in [5.41, 5.74) is 0.859. The maximum Gasteiger partial charge on any atom is 0.408 e. The number of aromatic nitrogens is 2. The Hall–Kier alpha value is -1.80. The van der Waals surface area contributed by atoms with Crippen LogP contribution < -0.4 is 5.32 Å². The predicted molar refractivity (Wildman–Crippen MR) is 72.9 cm³/mol.